The summed E-state index contributed by atoms with van der Waals surface area (Å²) in [6, 6.07) is 1.92. The zero-order valence-corrected chi connectivity index (χ0v) is 13.4. The molecule has 5 heteroatoms. The number of carbonyl (C=O) groups excluding carboxylic acids is 1. The van der Waals surface area contributed by atoms with Gasteiger partial charge in [0, 0.05) is 38.4 Å². The molecule has 0 unspecified atom stereocenters. The molecule has 0 aromatic carbocycles. The van der Waals surface area contributed by atoms with Gasteiger partial charge < -0.3 is 10.2 Å². The van der Waals surface area contributed by atoms with Gasteiger partial charge in [0.25, 0.3) is 0 Å². The second-order valence-corrected chi connectivity index (χ2v) is 6.68. The van der Waals surface area contributed by atoms with Crippen molar-refractivity contribution in [1.82, 2.24) is 20.0 Å². The van der Waals surface area contributed by atoms with Gasteiger partial charge in [-0.05, 0) is 63.1 Å². The number of nitrogens with one attached hydrogen (secondary N) is 1. The molecule has 22 heavy (non-hydrogen) atoms. The Morgan fingerprint density at radius 1 is 1.14 bits per heavy atom. The van der Waals surface area contributed by atoms with Crippen LogP contribution in [-0.4, -0.2) is 46.8 Å². The fourth-order valence-electron chi connectivity index (χ4n) is 3.92. The number of aromatic nitrogens is 2. The van der Waals surface area contributed by atoms with Crippen molar-refractivity contribution in [3.63, 3.8) is 0 Å². The molecule has 0 atom stereocenters. The molecule has 0 saturated carbocycles. The third-order valence-corrected chi connectivity index (χ3v) is 5.28. The van der Waals surface area contributed by atoms with E-state index < -0.39 is 0 Å². The Morgan fingerprint density at radius 2 is 1.86 bits per heavy atom. The summed E-state index contributed by atoms with van der Waals surface area (Å²) >= 11 is 0. The molecule has 1 aromatic rings. The first-order valence-corrected chi connectivity index (χ1v) is 8.79. The molecule has 2 fully saturated rings. The summed E-state index contributed by atoms with van der Waals surface area (Å²) in [5.41, 5.74) is 0. The molecule has 2 saturated heterocycles. The van der Waals surface area contributed by atoms with Crippen molar-refractivity contribution >= 4 is 5.91 Å². The van der Waals surface area contributed by atoms with Crippen molar-refractivity contribution in [2.75, 3.05) is 26.2 Å². The first kappa shape index (κ1) is 15.5. The van der Waals surface area contributed by atoms with Crippen molar-refractivity contribution in [2.24, 2.45) is 11.8 Å². The molecule has 1 aromatic heterocycles. The summed E-state index contributed by atoms with van der Waals surface area (Å²) < 4.78 is 1.90. The molecular formula is C17H28N4O. The van der Waals surface area contributed by atoms with E-state index in [1.54, 1.807) is 6.20 Å². The van der Waals surface area contributed by atoms with Crippen LogP contribution in [-0.2, 0) is 11.3 Å². The van der Waals surface area contributed by atoms with E-state index in [4.69, 9.17) is 0 Å². The second kappa shape index (κ2) is 7.77. The number of amides is 1. The predicted octanol–water partition coefficient (Wildman–Crippen LogP) is 1.90. The maximum absolute atomic E-state index is 12.3. The van der Waals surface area contributed by atoms with E-state index in [1.807, 2.05) is 16.9 Å². The van der Waals surface area contributed by atoms with E-state index in [2.05, 4.69) is 15.3 Å². The molecule has 0 aliphatic carbocycles. The SMILES string of the molecule is O=C(CCCn1cccn1)N1CCC(C2CCNCC2)CC1. The standard InChI is InChI=1S/C17H28N4O/c22-17(3-1-11-21-12-2-8-19-21)20-13-6-16(7-14-20)15-4-9-18-10-5-15/h2,8,12,15-16,18H,1,3-7,9-11,13-14H2. The molecule has 3 heterocycles. The normalized spacial score (nSPS) is 21.2. The number of piperidine rings is 2. The topological polar surface area (TPSA) is 50.2 Å². The Morgan fingerprint density at radius 3 is 2.55 bits per heavy atom. The van der Waals surface area contributed by atoms with Gasteiger partial charge in [0.2, 0.25) is 5.91 Å². The van der Waals surface area contributed by atoms with Gasteiger partial charge in [0.1, 0.15) is 0 Å². The van der Waals surface area contributed by atoms with Crippen LogP contribution >= 0.6 is 0 Å². The minimum absolute atomic E-state index is 0.330. The van der Waals surface area contributed by atoms with Crippen LogP contribution in [0.15, 0.2) is 18.5 Å². The second-order valence-electron chi connectivity index (χ2n) is 6.68. The van der Waals surface area contributed by atoms with E-state index in [1.165, 1.54) is 38.8 Å². The fraction of sp³-hybridized carbons (Fsp3) is 0.765. The minimum atomic E-state index is 0.330. The van der Waals surface area contributed by atoms with Crippen molar-refractivity contribution in [3.8, 4) is 0 Å². The Hall–Kier alpha value is -1.36. The highest BCUT2D eigenvalue weighted by molar-refractivity contribution is 5.76. The summed E-state index contributed by atoms with van der Waals surface area (Å²) in [4.78, 5) is 14.4. The highest BCUT2D eigenvalue weighted by Crippen LogP contribution is 2.30. The number of hydrogen-bond donors (Lipinski definition) is 1. The molecule has 0 bridgehead atoms. The molecule has 0 spiro atoms. The number of nitrogens with zero attached hydrogens (tertiary/aromatic N) is 3. The molecule has 5 nitrogen and oxygen atoms in total. The number of carbonyl (C=O) groups is 1. The third kappa shape index (κ3) is 4.09. The molecular weight excluding hydrogens is 276 g/mol. The van der Waals surface area contributed by atoms with Gasteiger partial charge in [0.15, 0.2) is 0 Å². The predicted molar refractivity (Wildman–Crippen MR) is 86.4 cm³/mol. The lowest BCUT2D eigenvalue weighted by atomic mass is 9.79. The smallest absolute Gasteiger partial charge is 0.222 e. The molecule has 1 amide bonds. The van der Waals surface area contributed by atoms with Crippen molar-refractivity contribution in [2.45, 2.75) is 45.1 Å². The van der Waals surface area contributed by atoms with Crippen LogP contribution in [0.3, 0.4) is 0 Å². The first-order valence-electron chi connectivity index (χ1n) is 8.79. The van der Waals surface area contributed by atoms with Gasteiger partial charge in [-0.3, -0.25) is 9.48 Å². The largest absolute Gasteiger partial charge is 0.343 e. The summed E-state index contributed by atoms with van der Waals surface area (Å²) in [5.74, 6) is 2.06. The highest BCUT2D eigenvalue weighted by atomic mass is 16.2. The number of likely N-dealkylation sites (tertiary alicyclic amines) is 1. The van der Waals surface area contributed by atoms with Gasteiger partial charge >= 0.3 is 0 Å². The molecule has 0 radical (unpaired) electrons. The van der Waals surface area contributed by atoms with Gasteiger partial charge in [-0.1, -0.05) is 0 Å². The fourth-order valence-corrected chi connectivity index (χ4v) is 3.92. The molecule has 122 valence electrons. The van der Waals surface area contributed by atoms with Crippen LogP contribution in [0, 0.1) is 11.8 Å². The number of rotatable bonds is 5. The maximum atomic E-state index is 12.3. The molecule has 2 aliphatic rings. The average molecular weight is 304 g/mol. The Balaban J connectivity index is 1.36. The van der Waals surface area contributed by atoms with Crippen molar-refractivity contribution < 1.29 is 4.79 Å². The van der Waals surface area contributed by atoms with Gasteiger partial charge in [-0.15, -0.1) is 0 Å². The van der Waals surface area contributed by atoms with Crippen LogP contribution in [0.2, 0.25) is 0 Å². The summed E-state index contributed by atoms with van der Waals surface area (Å²) in [6.45, 7) is 5.13. The van der Waals surface area contributed by atoms with Crippen LogP contribution in [0.1, 0.15) is 38.5 Å². The number of hydrogen-bond acceptors (Lipinski definition) is 3. The summed E-state index contributed by atoms with van der Waals surface area (Å²) in [5, 5.41) is 7.62. The lowest BCUT2D eigenvalue weighted by molar-refractivity contribution is -0.133. The van der Waals surface area contributed by atoms with Crippen LogP contribution in [0.4, 0.5) is 0 Å². The number of aryl methyl sites for hydroxylation is 1. The van der Waals surface area contributed by atoms with Crippen molar-refractivity contribution in [1.29, 1.82) is 0 Å². The van der Waals surface area contributed by atoms with E-state index in [9.17, 15) is 4.79 Å². The minimum Gasteiger partial charge on any atom is -0.343 e. The highest BCUT2D eigenvalue weighted by Gasteiger charge is 2.28. The van der Waals surface area contributed by atoms with E-state index in [-0.39, 0.29) is 0 Å². The average Bonchev–Trinajstić information content (AvgIpc) is 3.09. The third-order valence-electron chi connectivity index (χ3n) is 5.28. The summed E-state index contributed by atoms with van der Waals surface area (Å²) in [7, 11) is 0. The zero-order valence-electron chi connectivity index (χ0n) is 13.4. The lowest BCUT2D eigenvalue weighted by Crippen LogP contribution is -2.42. The van der Waals surface area contributed by atoms with Gasteiger partial charge in [0.05, 0.1) is 0 Å². The quantitative estimate of drug-likeness (QED) is 0.904. The maximum Gasteiger partial charge on any atom is 0.222 e. The molecule has 1 N–H and O–H groups in total. The van der Waals surface area contributed by atoms with Crippen LogP contribution in [0.5, 0.6) is 0 Å². The van der Waals surface area contributed by atoms with Crippen LogP contribution < -0.4 is 5.32 Å². The monoisotopic (exact) mass is 304 g/mol. The Bertz CT molecular complexity index is 445. The van der Waals surface area contributed by atoms with Gasteiger partial charge in [-0.25, -0.2) is 0 Å². The van der Waals surface area contributed by atoms with Crippen molar-refractivity contribution in [3.05, 3.63) is 18.5 Å². The molecule has 2 aliphatic heterocycles. The Kier molecular flexibility index (Phi) is 5.48. The first-order chi connectivity index (χ1) is 10.8. The van der Waals surface area contributed by atoms with Gasteiger partial charge in [-0.2, -0.15) is 5.10 Å². The van der Waals surface area contributed by atoms with E-state index in [0.717, 1.165) is 37.9 Å². The van der Waals surface area contributed by atoms with E-state index >= 15 is 0 Å². The summed E-state index contributed by atoms with van der Waals surface area (Å²) in [6.07, 6.45) is 10.3. The van der Waals surface area contributed by atoms with E-state index in [0.29, 0.717) is 12.3 Å². The zero-order chi connectivity index (χ0) is 15.2. The Labute approximate surface area is 133 Å². The lowest BCUT2D eigenvalue weighted by Gasteiger charge is -2.37. The van der Waals surface area contributed by atoms with Crippen LogP contribution in [0.25, 0.3) is 0 Å². The molecule has 3 rings (SSSR count).